The van der Waals surface area contributed by atoms with Crippen molar-refractivity contribution in [1.29, 1.82) is 5.41 Å². The van der Waals surface area contributed by atoms with Gasteiger partial charge in [0.25, 0.3) is 11.8 Å². The number of amides is 2. The Morgan fingerprint density at radius 1 is 1.50 bits per heavy atom. The lowest BCUT2D eigenvalue weighted by Gasteiger charge is -2.36. The minimum Gasteiger partial charge on any atom is -0.478 e. The van der Waals surface area contributed by atoms with Gasteiger partial charge in [-0.3, -0.25) is 20.3 Å². The number of benzene rings is 1. The maximum Gasteiger partial charge on any atom is 0.268 e. The van der Waals surface area contributed by atoms with Gasteiger partial charge in [0.1, 0.15) is 5.75 Å². The number of nitrogens with one attached hydrogen (secondary N) is 2. The Kier molecular flexibility index (Phi) is 4.35. The third-order valence-corrected chi connectivity index (χ3v) is 3.40. The molecule has 118 valence electrons. The Hall–Kier alpha value is -2.57. The van der Waals surface area contributed by atoms with Gasteiger partial charge in [0, 0.05) is 11.6 Å². The van der Waals surface area contributed by atoms with Gasteiger partial charge in [0.05, 0.1) is 5.69 Å². The van der Waals surface area contributed by atoms with Gasteiger partial charge in [-0.2, -0.15) is 0 Å². The van der Waals surface area contributed by atoms with Gasteiger partial charge in [0.15, 0.2) is 12.1 Å². The van der Waals surface area contributed by atoms with Crippen LogP contribution in [0.5, 0.6) is 5.75 Å². The normalized spacial score (nSPS) is 17.0. The van der Waals surface area contributed by atoms with E-state index >= 15 is 0 Å². The lowest BCUT2D eigenvalue weighted by molar-refractivity contribution is -0.126. The van der Waals surface area contributed by atoms with Crippen molar-refractivity contribution >= 4 is 23.5 Å². The number of guanidine groups is 1. The summed E-state index contributed by atoms with van der Waals surface area (Å²) in [5.74, 6) is -0.503. The van der Waals surface area contributed by atoms with E-state index < -0.39 is 18.0 Å². The Morgan fingerprint density at radius 2 is 2.18 bits per heavy atom. The van der Waals surface area contributed by atoms with Crippen molar-refractivity contribution < 1.29 is 14.3 Å². The van der Waals surface area contributed by atoms with Crippen LogP contribution in [0.15, 0.2) is 18.2 Å². The fraction of sp³-hybridized carbons (Fsp3) is 0.400. The fourth-order valence-electron chi connectivity index (χ4n) is 2.41. The topological polar surface area (TPSA) is 109 Å². The Labute approximate surface area is 128 Å². The first-order valence-corrected chi connectivity index (χ1v) is 7.14. The molecule has 7 nitrogen and oxygen atoms in total. The summed E-state index contributed by atoms with van der Waals surface area (Å²) in [6, 6.07) is 4.81. The van der Waals surface area contributed by atoms with E-state index in [2.05, 4.69) is 5.32 Å². The molecule has 0 bridgehead atoms. The third kappa shape index (κ3) is 2.88. The molecule has 0 radical (unpaired) electrons. The second-order valence-corrected chi connectivity index (χ2v) is 5.37. The molecule has 1 aliphatic heterocycles. The molecule has 0 aliphatic carbocycles. The second kappa shape index (κ2) is 6.05. The molecular formula is C15H20N4O3. The number of anilines is 1. The molecule has 1 aromatic rings. The van der Waals surface area contributed by atoms with Gasteiger partial charge in [-0.25, -0.2) is 0 Å². The van der Waals surface area contributed by atoms with E-state index in [1.54, 1.807) is 23.1 Å². The molecule has 22 heavy (non-hydrogen) atoms. The molecule has 1 aromatic carbocycles. The molecule has 2 amide bonds. The molecule has 7 heteroatoms. The average molecular weight is 304 g/mol. The number of nitrogens with zero attached hydrogens (tertiary/aromatic N) is 1. The highest BCUT2D eigenvalue weighted by atomic mass is 16.5. The largest absolute Gasteiger partial charge is 0.478 e. The summed E-state index contributed by atoms with van der Waals surface area (Å²) in [6.45, 7) is 5.73. The van der Waals surface area contributed by atoms with Crippen LogP contribution in [0.3, 0.4) is 0 Å². The van der Waals surface area contributed by atoms with Gasteiger partial charge < -0.3 is 15.4 Å². The van der Waals surface area contributed by atoms with Crippen LogP contribution in [0, 0.1) is 5.41 Å². The molecule has 4 N–H and O–H groups in total. The second-order valence-electron chi connectivity index (χ2n) is 5.37. The Balaban J connectivity index is 2.42. The number of hydrogen-bond donors (Lipinski definition) is 3. The Morgan fingerprint density at radius 3 is 2.73 bits per heavy atom. The van der Waals surface area contributed by atoms with E-state index in [0.717, 1.165) is 0 Å². The number of carbonyl (C=O) groups is 2. The molecule has 0 fully saturated rings. The summed E-state index contributed by atoms with van der Waals surface area (Å²) in [4.78, 5) is 26.0. The predicted octanol–water partition coefficient (Wildman–Crippen LogP) is 1.22. The number of carbonyl (C=O) groups excluding carboxylic acids is 2. The molecular weight excluding hydrogens is 284 g/mol. The maximum absolute atomic E-state index is 12.4. The summed E-state index contributed by atoms with van der Waals surface area (Å²) in [5, 5.41) is 9.32. The van der Waals surface area contributed by atoms with Gasteiger partial charge in [0.2, 0.25) is 0 Å². The smallest absolute Gasteiger partial charge is 0.268 e. The van der Waals surface area contributed by atoms with Crippen LogP contribution in [0.1, 0.15) is 37.6 Å². The van der Waals surface area contributed by atoms with E-state index in [4.69, 9.17) is 15.9 Å². The van der Waals surface area contributed by atoms with Gasteiger partial charge in [-0.05, 0) is 38.5 Å². The minimum absolute atomic E-state index is 0.0129. The Bertz CT molecular complexity index is 627. The standard InChI is InChI=1S/C15H20N4O3/c1-4-11-14(21)19(8(2)3)10-6-5-9(7-12(10)22-11)13(20)18-15(16)17/h5-8,11H,4H2,1-3H3,(H4,16,17,18,20)/t11-/m1/s1. The summed E-state index contributed by atoms with van der Waals surface area (Å²) < 4.78 is 5.71. The van der Waals surface area contributed by atoms with E-state index in [-0.39, 0.29) is 11.9 Å². The molecule has 0 saturated heterocycles. The molecule has 2 rings (SSSR count). The number of fused-ring (bicyclic) bond motifs is 1. The number of nitrogens with two attached hydrogens (primary N) is 1. The van der Waals surface area contributed by atoms with Crippen LogP contribution >= 0.6 is 0 Å². The van der Waals surface area contributed by atoms with Crippen molar-refractivity contribution in [3.8, 4) is 5.75 Å². The number of rotatable bonds is 3. The van der Waals surface area contributed by atoms with E-state index in [1.807, 2.05) is 20.8 Å². The molecule has 1 heterocycles. The van der Waals surface area contributed by atoms with Crippen molar-refractivity contribution in [3.63, 3.8) is 0 Å². The van der Waals surface area contributed by atoms with Crippen LogP contribution in [0.2, 0.25) is 0 Å². The highest BCUT2D eigenvalue weighted by molar-refractivity contribution is 6.06. The molecule has 0 saturated carbocycles. The highest BCUT2D eigenvalue weighted by Gasteiger charge is 2.35. The number of ether oxygens (including phenoxy) is 1. The average Bonchev–Trinajstić information content (AvgIpc) is 2.44. The van der Waals surface area contributed by atoms with Crippen molar-refractivity contribution in [2.45, 2.75) is 39.3 Å². The van der Waals surface area contributed by atoms with Crippen LogP contribution < -0.4 is 20.7 Å². The first-order valence-electron chi connectivity index (χ1n) is 7.14. The zero-order valence-corrected chi connectivity index (χ0v) is 12.8. The number of hydrogen-bond acceptors (Lipinski definition) is 4. The van der Waals surface area contributed by atoms with Crippen LogP contribution in [0.4, 0.5) is 5.69 Å². The SMILES string of the molecule is CC[C@H]1Oc2cc(C(=O)NC(=N)N)ccc2N(C(C)C)C1=O. The van der Waals surface area contributed by atoms with Gasteiger partial charge >= 0.3 is 0 Å². The monoisotopic (exact) mass is 304 g/mol. The lowest BCUT2D eigenvalue weighted by atomic mass is 10.1. The van der Waals surface area contributed by atoms with Crippen molar-refractivity contribution in [1.82, 2.24) is 5.32 Å². The highest BCUT2D eigenvalue weighted by Crippen LogP contribution is 2.36. The summed E-state index contributed by atoms with van der Waals surface area (Å²) >= 11 is 0. The quantitative estimate of drug-likeness (QED) is 0.576. The summed E-state index contributed by atoms with van der Waals surface area (Å²) in [7, 11) is 0. The zero-order valence-electron chi connectivity index (χ0n) is 12.8. The molecule has 0 aromatic heterocycles. The van der Waals surface area contributed by atoms with Gasteiger partial charge in [-0.15, -0.1) is 0 Å². The van der Waals surface area contributed by atoms with Crippen molar-refractivity contribution in [2.75, 3.05) is 4.90 Å². The van der Waals surface area contributed by atoms with E-state index in [9.17, 15) is 9.59 Å². The van der Waals surface area contributed by atoms with E-state index in [1.165, 1.54) is 0 Å². The first kappa shape index (κ1) is 15.8. The third-order valence-electron chi connectivity index (χ3n) is 3.40. The van der Waals surface area contributed by atoms with Gasteiger partial charge in [-0.1, -0.05) is 6.92 Å². The minimum atomic E-state index is -0.555. The molecule has 0 unspecified atom stereocenters. The molecule has 1 aliphatic rings. The summed E-state index contributed by atoms with van der Waals surface area (Å²) in [6.07, 6.45) is -0.00763. The lowest BCUT2D eigenvalue weighted by Crippen LogP contribution is -2.49. The summed E-state index contributed by atoms with van der Waals surface area (Å²) in [5.41, 5.74) is 6.12. The first-order chi connectivity index (χ1) is 10.3. The zero-order chi connectivity index (χ0) is 16.4. The van der Waals surface area contributed by atoms with Crippen LogP contribution in [-0.2, 0) is 4.79 Å². The van der Waals surface area contributed by atoms with Crippen LogP contribution in [0.25, 0.3) is 0 Å². The van der Waals surface area contributed by atoms with Crippen molar-refractivity contribution in [2.24, 2.45) is 5.73 Å². The molecule has 0 spiro atoms. The fourth-order valence-corrected chi connectivity index (χ4v) is 2.41. The predicted molar refractivity (Wildman–Crippen MR) is 83.2 cm³/mol. The maximum atomic E-state index is 12.4. The van der Waals surface area contributed by atoms with Crippen LogP contribution in [-0.4, -0.2) is 29.9 Å². The van der Waals surface area contributed by atoms with E-state index in [0.29, 0.717) is 23.4 Å². The van der Waals surface area contributed by atoms with Crippen molar-refractivity contribution in [3.05, 3.63) is 23.8 Å². The molecule has 1 atom stereocenters.